The number of carbonyl (C=O) groups excluding carboxylic acids is 1. The van der Waals surface area contributed by atoms with Crippen LogP contribution in [0.1, 0.15) is 58.6 Å². The van der Waals surface area contributed by atoms with Crippen LogP contribution in [0.25, 0.3) is 10.2 Å². The molecule has 148 valence electrons. The summed E-state index contributed by atoms with van der Waals surface area (Å²) in [7, 11) is 0. The number of amides is 1. The summed E-state index contributed by atoms with van der Waals surface area (Å²) in [5.41, 5.74) is 2.65. The summed E-state index contributed by atoms with van der Waals surface area (Å²) < 4.78 is 1.80. The molecule has 1 aliphatic rings. The quantitative estimate of drug-likeness (QED) is 0.705. The van der Waals surface area contributed by atoms with E-state index in [9.17, 15) is 9.59 Å². The largest absolute Gasteiger partial charge is 0.348 e. The fourth-order valence-electron chi connectivity index (χ4n) is 3.86. The molecule has 1 amide bonds. The van der Waals surface area contributed by atoms with Gasteiger partial charge in [0.25, 0.3) is 11.5 Å². The highest BCUT2D eigenvalue weighted by atomic mass is 32.1. The first-order valence-electron chi connectivity index (χ1n) is 9.78. The summed E-state index contributed by atoms with van der Waals surface area (Å²) in [5.74, 6) is 0.699. The van der Waals surface area contributed by atoms with Crippen molar-refractivity contribution in [1.82, 2.24) is 25.1 Å². The van der Waals surface area contributed by atoms with Gasteiger partial charge in [-0.05, 0) is 45.2 Å². The molecule has 0 radical (unpaired) electrons. The topological polar surface area (TPSA) is 92.7 Å². The minimum atomic E-state index is -0.153. The molecule has 4 heterocycles. The Kier molecular flexibility index (Phi) is 5.05. The van der Waals surface area contributed by atoms with E-state index < -0.39 is 0 Å². The number of H-pyrrole nitrogens is 1. The van der Waals surface area contributed by atoms with Gasteiger partial charge in [0.2, 0.25) is 0 Å². The van der Waals surface area contributed by atoms with Crippen LogP contribution < -0.4 is 10.9 Å². The lowest BCUT2D eigenvalue weighted by Gasteiger charge is -2.12. The molecule has 0 aliphatic carbocycles. The SMILES string of the molecule is Cc1cc(CC(C)NC(=O)c2sc3nc4n(c(=O)c3c2C)CCCCC4)n[nH]1. The lowest BCUT2D eigenvalue weighted by molar-refractivity contribution is 0.0943. The lowest BCUT2D eigenvalue weighted by Crippen LogP contribution is -2.34. The van der Waals surface area contributed by atoms with E-state index in [0.29, 0.717) is 28.1 Å². The first kappa shape index (κ1) is 18.9. The molecule has 2 N–H and O–H groups in total. The number of aromatic nitrogens is 4. The molecule has 1 atom stereocenters. The zero-order valence-electron chi connectivity index (χ0n) is 16.5. The average molecular weight is 400 g/mol. The first-order chi connectivity index (χ1) is 13.4. The number of rotatable bonds is 4. The maximum Gasteiger partial charge on any atom is 0.262 e. The second-order valence-corrected chi connectivity index (χ2v) is 8.65. The van der Waals surface area contributed by atoms with Gasteiger partial charge in [0.05, 0.1) is 16.0 Å². The molecule has 0 bridgehead atoms. The van der Waals surface area contributed by atoms with Crippen LogP contribution in [0.2, 0.25) is 0 Å². The Balaban J connectivity index is 1.61. The van der Waals surface area contributed by atoms with Gasteiger partial charge in [0.15, 0.2) is 0 Å². The molecule has 1 unspecified atom stereocenters. The van der Waals surface area contributed by atoms with E-state index in [1.807, 2.05) is 26.8 Å². The van der Waals surface area contributed by atoms with E-state index in [2.05, 4.69) is 15.5 Å². The third-order valence-corrected chi connectivity index (χ3v) is 6.45. The molecule has 0 fully saturated rings. The Bertz CT molecular complexity index is 1090. The van der Waals surface area contributed by atoms with Gasteiger partial charge in [-0.25, -0.2) is 4.98 Å². The average Bonchev–Trinajstić information content (AvgIpc) is 3.09. The van der Waals surface area contributed by atoms with E-state index >= 15 is 0 Å². The van der Waals surface area contributed by atoms with E-state index in [-0.39, 0.29) is 17.5 Å². The second-order valence-electron chi connectivity index (χ2n) is 7.65. The van der Waals surface area contributed by atoms with Crippen molar-refractivity contribution >= 4 is 27.5 Å². The third-order valence-electron chi connectivity index (χ3n) is 5.27. The van der Waals surface area contributed by atoms with Crippen LogP contribution in [-0.4, -0.2) is 31.7 Å². The number of nitrogens with one attached hydrogen (secondary N) is 2. The Morgan fingerprint density at radius 2 is 2.18 bits per heavy atom. The summed E-state index contributed by atoms with van der Waals surface area (Å²) in [6.07, 6.45) is 4.65. The van der Waals surface area contributed by atoms with Crippen molar-refractivity contribution in [3.63, 3.8) is 0 Å². The number of aromatic amines is 1. The van der Waals surface area contributed by atoms with Crippen LogP contribution in [0, 0.1) is 13.8 Å². The van der Waals surface area contributed by atoms with E-state index in [0.717, 1.165) is 48.5 Å². The van der Waals surface area contributed by atoms with Crippen molar-refractivity contribution in [1.29, 1.82) is 0 Å². The third kappa shape index (κ3) is 3.48. The minimum Gasteiger partial charge on any atom is -0.348 e. The summed E-state index contributed by atoms with van der Waals surface area (Å²) in [6.45, 7) is 6.48. The highest BCUT2D eigenvalue weighted by molar-refractivity contribution is 7.20. The molecule has 1 aliphatic heterocycles. The van der Waals surface area contributed by atoms with Crippen molar-refractivity contribution in [3.05, 3.63) is 44.1 Å². The zero-order chi connectivity index (χ0) is 19.8. The Morgan fingerprint density at radius 3 is 2.93 bits per heavy atom. The minimum absolute atomic E-state index is 0.00486. The number of carbonyl (C=O) groups is 1. The van der Waals surface area contributed by atoms with Crippen LogP contribution in [0.5, 0.6) is 0 Å². The van der Waals surface area contributed by atoms with Gasteiger partial charge in [-0.1, -0.05) is 6.42 Å². The van der Waals surface area contributed by atoms with Crippen LogP contribution in [0.15, 0.2) is 10.9 Å². The Labute approximate surface area is 167 Å². The molecule has 0 saturated carbocycles. The highest BCUT2D eigenvalue weighted by Gasteiger charge is 2.23. The molecule has 0 spiro atoms. The molecule has 7 nitrogen and oxygen atoms in total. The Hall–Kier alpha value is -2.48. The van der Waals surface area contributed by atoms with Crippen LogP contribution in [-0.2, 0) is 19.4 Å². The summed E-state index contributed by atoms with van der Waals surface area (Å²) >= 11 is 1.32. The van der Waals surface area contributed by atoms with Gasteiger partial charge in [0, 0.05) is 31.1 Å². The molecular weight excluding hydrogens is 374 g/mol. The molecule has 3 aromatic rings. The highest BCUT2D eigenvalue weighted by Crippen LogP contribution is 2.28. The predicted octanol–water partition coefficient (Wildman–Crippen LogP) is 2.89. The van der Waals surface area contributed by atoms with E-state index in [1.165, 1.54) is 11.3 Å². The van der Waals surface area contributed by atoms with Gasteiger partial charge in [-0.3, -0.25) is 19.3 Å². The lowest BCUT2D eigenvalue weighted by atomic mass is 10.1. The van der Waals surface area contributed by atoms with Gasteiger partial charge >= 0.3 is 0 Å². The molecule has 8 heteroatoms. The van der Waals surface area contributed by atoms with Crippen molar-refractivity contribution < 1.29 is 4.79 Å². The summed E-state index contributed by atoms with van der Waals surface area (Å²) in [6, 6.07) is 1.91. The number of hydrogen-bond donors (Lipinski definition) is 2. The molecule has 28 heavy (non-hydrogen) atoms. The van der Waals surface area contributed by atoms with Gasteiger partial charge in [0.1, 0.15) is 10.7 Å². The number of fused-ring (bicyclic) bond motifs is 2. The molecular formula is C20H25N5O2S. The van der Waals surface area contributed by atoms with Crippen molar-refractivity contribution in [2.24, 2.45) is 0 Å². The molecule has 3 aromatic heterocycles. The first-order valence-corrected chi connectivity index (χ1v) is 10.6. The number of aryl methyl sites for hydroxylation is 3. The van der Waals surface area contributed by atoms with Crippen molar-refractivity contribution in [2.75, 3.05) is 0 Å². The molecule has 4 rings (SSSR count). The van der Waals surface area contributed by atoms with Crippen LogP contribution in [0.4, 0.5) is 0 Å². The van der Waals surface area contributed by atoms with Crippen molar-refractivity contribution in [3.8, 4) is 0 Å². The molecule has 0 aromatic carbocycles. The number of thiophene rings is 1. The fourth-order valence-corrected chi connectivity index (χ4v) is 4.95. The van der Waals surface area contributed by atoms with E-state index in [1.54, 1.807) is 4.57 Å². The van der Waals surface area contributed by atoms with E-state index in [4.69, 9.17) is 4.98 Å². The maximum atomic E-state index is 13.0. The normalized spacial score (nSPS) is 15.2. The standard InChI is InChI=1S/C20H25N5O2S/c1-11(9-14-10-12(2)23-24-14)21-18(26)17-13(3)16-19(28-17)22-15-7-5-4-6-8-25(15)20(16)27/h10-11H,4-9H2,1-3H3,(H,21,26)(H,23,24). The van der Waals surface area contributed by atoms with Gasteiger partial charge < -0.3 is 5.32 Å². The molecule has 0 saturated heterocycles. The van der Waals surface area contributed by atoms with Crippen molar-refractivity contribution in [2.45, 2.75) is 65.5 Å². The van der Waals surface area contributed by atoms with Gasteiger partial charge in [-0.2, -0.15) is 5.10 Å². The second kappa shape index (κ2) is 7.50. The summed E-state index contributed by atoms with van der Waals surface area (Å²) in [4.78, 5) is 31.9. The Morgan fingerprint density at radius 1 is 1.36 bits per heavy atom. The van der Waals surface area contributed by atoms with Crippen LogP contribution >= 0.6 is 11.3 Å². The summed E-state index contributed by atoms with van der Waals surface area (Å²) in [5, 5.41) is 10.8. The van der Waals surface area contributed by atoms with Crippen LogP contribution in [0.3, 0.4) is 0 Å². The smallest absolute Gasteiger partial charge is 0.262 e. The number of nitrogens with zero attached hydrogens (tertiary/aromatic N) is 3. The van der Waals surface area contributed by atoms with Gasteiger partial charge in [-0.15, -0.1) is 11.3 Å². The maximum absolute atomic E-state index is 13.0. The predicted molar refractivity (Wildman–Crippen MR) is 110 cm³/mol. The zero-order valence-corrected chi connectivity index (χ0v) is 17.3. The fraction of sp³-hybridized carbons (Fsp3) is 0.500. The number of hydrogen-bond acceptors (Lipinski definition) is 5. The monoisotopic (exact) mass is 399 g/mol.